The van der Waals surface area contributed by atoms with E-state index in [1.165, 1.54) is 0 Å². The van der Waals surface area contributed by atoms with E-state index in [4.69, 9.17) is 14.2 Å². The van der Waals surface area contributed by atoms with Crippen LogP contribution in [0, 0.1) is 0 Å². The molecule has 0 amide bonds. The van der Waals surface area contributed by atoms with Gasteiger partial charge in [0.2, 0.25) is 0 Å². The van der Waals surface area contributed by atoms with Gasteiger partial charge in [-0.15, -0.1) is 0 Å². The molecule has 0 N–H and O–H groups in total. The molecule has 4 nitrogen and oxygen atoms in total. The molecule has 0 unspecified atom stereocenters. The van der Waals surface area contributed by atoms with Crippen LogP contribution in [0.1, 0.15) is 29.8 Å². The van der Waals surface area contributed by atoms with E-state index in [0.29, 0.717) is 28.4 Å². The highest BCUT2D eigenvalue weighted by molar-refractivity contribution is 6.15. The van der Waals surface area contributed by atoms with Crippen molar-refractivity contribution in [3.63, 3.8) is 0 Å². The lowest BCUT2D eigenvalue weighted by Crippen LogP contribution is -2.38. The third-order valence-corrected chi connectivity index (χ3v) is 4.13. The molecule has 24 heavy (non-hydrogen) atoms. The molecule has 0 radical (unpaired) electrons. The van der Waals surface area contributed by atoms with Crippen molar-refractivity contribution in [2.45, 2.75) is 19.4 Å². The lowest BCUT2D eigenvalue weighted by Gasteiger charge is -2.34. The maximum absolute atomic E-state index is 13.1. The van der Waals surface area contributed by atoms with Crippen molar-refractivity contribution in [2.24, 2.45) is 0 Å². The first-order valence-electron chi connectivity index (χ1n) is 7.73. The maximum Gasteiger partial charge on any atom is 0.196 e. The van der Waals surface area contributed by atoms with Crippen molar-refractivity contribution < 1.29 is 19.0 Å². The lowest BCUT2D eigenvalue weighted by molar-refractivity contribution is 0.0861. The molecule has 0 aromatic heterocycles. The molecule has 2 aromatic carbocycles. The molecule has 1 aliphatic heterocycles. The van der Waals surface area contributed by atoms with E-state index >= 15 is 0 Å². The van der Waals surface area contributed by atoms with Crippen LogP contribution in [0.25, 0.3) is 6.08 Å². The topological polar surface area (TPSA) is 44.8 Å². The van der Waals surface area contributed by atoms with Gasteiger partial charge in [0, 0.05) is 11.1 Å². The Labute approximate surface area is 141 Å². The fraction of sp³-hybridized carbons (Fsp3) is 0.250. The Morgan fingerprint density at radius 1 is 1.04 bits per heavy atom. The standard InChI is InChI=1S/C20H20O4/c1-20(2)16(11-13-7-5-6-8-17(13)23-4)19(21)15-12-14(22-3)9-10-18(15)24-20/h5-12H,1-4H3/b16-11-. The van der Waals surface area contributed by atoms with Crippen molar-refractivity contribution >= 4 is 11.9 Å². The quantitative estimate of drug-likeness (QED) is 0.796. The maximum atomic E-state index is 13.1. The van der Waals surface area contributed by atoms with Crippen LogP contribution >= 0.6 is 0 Å². The Bertz CT molecular complexity index is 818. The van der Waals surface area contributed by atoms with Crippen LogP contribution in [-0.2, 0) is 0 Å². The van der Waals surface area contributed by atoms with Crippen LogP contribution in [0.3, 0.4) is 0 Å². The number of carbonyl (C=O) groups is 1. The van der Waals surface area contributed by atoms with Crippen LogP contribution in [0.5, 0.6) is 17.2 Å². The molecule has 0 spiro atoms. The zero-order chi connectivity index (χ0) is 17.3. The van der Waals surface area contributed by atoms with Gasteiger partial charge in [-0.2, -0.15) is 0 Å². The number of Topliss-reactive ketones (excluding diaryl/α,β-unsaturated/α-hetero) is 1. The number of fused-ring (bicyclic) bond motifs is 1. The number of rotatable bonds is 3. The fourth-order valence-electron chi connectivity index (χ4n) is 2.83. The molecule has 0 fully saturated rings. The summed E-state index contributed by atoms with van der Waals surface area (Å²) in [6, 6.07) is 12.9. The summed E-state index contributed by atoms with van der Waals surface area (Å²) in [5.74, 6) is 1.85. The van der Waals surface area contributed by atoms with Gasteiger partial charge in [0.05, 0.1) is 19.8 Å². The first-order valence-corrected chi connectivity index (χ1v) is 7.73. The van der Waals surface area contributed by atoms with Crippen LogP contribution in [0.4, 0.5) is 0 Å². The van der Waals surface area contributed by atoms with Gasteiger partial charge in [-0.25, -0.2) is 0 Å². The number of ketones is 1. The molecular weight excluding hydrogens is 304 g/mol. The minimum atomic E-state index is -0.737. The van der Waals surface area contributed by atoms with Gasteiger partial charge in [-0.05, 0) is 44.2 Å². The molecule has 4 heteroatoms. The predicted molar refractivity (Wildman–Crippen MR) is 93.0 cm³/mol. The summed E-state index contributed by atoms with van der Waals surface area (Å²) in [6.07, 6.45) is 1.84. The first kappa shape index (κ1) is 16.1. The third kappa shape index (κ3) is 2.75. The average molecular weight is 324 g/mol. The number of hydrogen-bond acceptors (Lipinski definition) is 4. The Morgan fingerprint density at radius 3 is 2.50 bits per heavy atom. The van der Waals surface area contributed by atoms with E-state index in [2.05, 4.69) is 0 Å². The molecule has 3 rings (SSSR count). The van der Waals surface area contributed by atoms with E-state index in [-0.39, 0.29) is 5.78 Å². The minimum Gasteiger partial charge on any atom is -0.497 e. The van der Waals surface area contributed by atoms with Crippen molar-refractivity contribution in [1.29, 1.82) is 0 Å². The molecule has 0 saturated heterocycles. The summed E-state index contributed by atoms with van der Waals surface area (Å²) in [4.78, 5) is 13.1. The normalized spacial score (nSPS) is 17.2. The van der Waals surface area contributed by atoms with E-state index in [9.17, 15) is 4.79 Å². The van der Waals surface area contributed by atoms with Gasteiger partial charge < -0.3 is 14.2 Å². The first-order chi connectivity index (χ1) is 11.5. The minimum absolute atomic E-state index is 0.0638. The fourth-order valence-corrected chi connectivity index (χ4v) is 2.83. The summed E-state index contributed by atoms with van der Waals surface area (Å²) < 4.78 is 16.7. The van der Waals surface area contributed by atoms with Gasteiger partial charge >= 0.3 is 0 Å². The van der Waals surface area contributed by atoms with Crippen LogP contribution in [0.15, 0.2) is 48.0 Å². The molecule has 2 aromatic rings. The van der Waals surface area contributed by atoms with Gasteiger partial charge in [0.25, 0.3) is 0 Å². The molecular formula is C20H20O4. The van der Waals surface area contributed by atoms with Gasteiger partial charge in [0.15, 0.2) is 5.78 Å². The molecule has 1 aliphatic rings. The molecule has 124 valence electrons. The van der Waals surface area contributed by atoms with Crippen molar-refractivity contribution in [2.75, 3.05) is 14.2 Å². The highest BCUT2D eigenvalue weighted by Crippen LogP contribution is 2.39. The van der Waals surface area contributed by atoms with E-state index in [1.807, 2.05) is 44.2 Å². The molecule has 0 aliphatic carbocycles. The average Bonchev–Trinajstić information content (AvgIpc) is 2.58. The summed E-state index contributed by atoms with van der Waals surface area (Å²) >= 11 is 0. The monoisotopic (exact) mass is 324 g/mol. The summed E-state index contributed by atoms with van der Waals surface area (Å²) in [6.45, 7) is 3.78. The zero-order valence-electron chi connectivity index (χ0n) is 14.3. The van der Waals surface area contributed by atoms with E-state index in [1.54, 1.807) is 32.4 Å². The van der Waals surface area contributed by atoms with Crippen LogP contribution < -0.4 is 14.2 Å². The van der Waals surface area contributed by atoms with Crippen molar-refractivity contribution in [3.8, 4) is 17.2 Å². The van der Waals surface area contributed by atoms with Crippen LogP contribution in [-0.4, -0.2) is 25.6 Å². The van der Waals surface area contributed by atoms with Crippen molar-refractivity contribution in [1.82, 2.24) is 0 Å². The Balaban J connectivity index is 2.13. The number of methoxy groups -OCH3 is 2. The second-order valence-corrected chi connectivity index (χ2v) is 6.10. The van der Waals surface area contributed by atoms with Crippen molar-refractivity contribution in [3.05, 3.63) is 59.2 Å². The predicted octanol–water partition coefficient (Wildman–Crippen LogP) is 4.14. The smallest absolute Gasteiger partial charge is 0.196 e. The van der Waals surface area contributed by atoms with Gasteiger partial charge in [0.1, 0.15) is 22.8 Å². The SMILES string of the molecule is COc1ccc2c(c1)C(=O)/C(=C/c1ccccc1OC)C(C)(C)O2. The van der Waals surface area contributed by atoms with Crippen LogP contribution in [0.2, 0.25) is 0 Å². The second kappa shape index (κ2) is 6.04. The summed E-state index contributed by atoms with van der Waals surface area (Å²) in [7, 11) is 3.19. The zero-order valence-corrected chi connectivity index (χ0v) is 14.3. The number of hydrogen-bond donors (Lipinski definition) is 0. The highest BCUT2D eigenvalue weighted by atomic mass is 16.5. The van der Waals surface area contributed by atoms with Gasteiger partial charge in [-0.1, -0.05) is 18.2 Å². The summed E-state index contributed by atoms with van der Waals surface area (Å²) in [5.41, 5.74) is 1.19. The number of ether oxygens (including phenoxy) is 3. The largest absolute Gasteiger partial charge is 0.497 e. The van der Waals surface area contributed by atoms with Gasteiger partial charge in [-0.3, -0.25) is 4.79 Å². The number of carbonyl (C=O) groups excluding carboxylic acids is 1. The lowest BCUT2D eigenvalue weighted by atomic mass is 9.85. The van der Waals surface area contributed by atoms with E-state index < -0.39 is 5.60 Å². The molecule has 0 saturated carbocycles. The third-order valence-electron chi connectivity index (χ3n) is 4.13. The number of para-hydroxylation sites is 1. The Hall–Kier alpha value is -2.75. The molecule has 1 heterocycles. The highest BCUT2D eigenvalue weighted by Gasteiger charge is 2.38. The Kier molecular flexibility index (Phi) is 4.06. The Morgan fingerprint density at radius 2 is 1.79 bits per heavy atom. The summed E-state index contributed by atoms with van der Waals surface area (Å²) in [5, 5.41) is 0. The molecule has 0 atom stereocenters. The second-order valence-electron chi connectivity index (χ2n) is 6.10. The number of benzene rings is 2. The molecule has 0 bridgehead atoms. The van der Waals surface area contributed by atoms with E-state index in [0.717, 1.165) is 5.56 Å².